The Balaban J connectivity index is 1.45. The van der Waals surface area contributed by atoms with Crippen molar-refractivity contribution in [1.82, 2.24) is 30.0 Å². The number of rotatable bonds is 6. The zero-order valence-corrected chi connectivity index (χ0v) is 17.9. The van der Waals surface area contributed by atoms with Gasteiger partial charge in [-0.05, 0) is 38.2 Å². The highest BCUT2D eigenvalue weighted by molar-refractivity contribution is 5.81. The fraction of sp³-hybridized carbons (Fsp3) is 0.286. The summed E-state index contributed by atoms with van der Waals surface area (Å²) in [5, 5.41) is 20.0. The average Bonchev–Trinajstić information content (AvgIpc) is 3.39. The molecule has 0 saturated carbocycles. The number of aromatic amines is 2. The predicted molar refractivity (Wildman–Crippen MR) is 122 cm³/mol. The quantitative estimate of drug-likeness (QED) is 0.290. The third kappa shape index (κ3) is 4.29. The molecule has 0 radical (unpaired) electrons. The molecule has 1 aromatic carbocycles. The first-order chi connectivity index (χ1) is 15.6. The van der Waals surface area contributed by atoms with Gasteiger partial charge in [-0.1, -0.05) is 0 Å². The number of nitrogens with one attached hydrogen (secondary N) is 4. The van der Waals surface area contributed by atoms with E-state index in [-0.39, 0.29) is 6.01 Å². The molecule has 1 aliphatic heterocycles. The van der Waals surface area contributed by atoms with Gasteiger partial charge in [0.25, 0.3) is 0 Å². The number of ether oxygens (including phenoxy) is 1. The maximum atomic E-state index is 9.03. The third-order valence-corrected chi connectivity index (χ3v) is 5.41. The van der Waals surface area contributed by atoms with E-state index in [1.165, 1.54) is 0 Å². The van der Waals surface area contributed by atoms with E-state index in [4.69, 9.17) is 9.94 Å². The van der Waals surface area contributed by atoms with E-state index in [9.17, 15) is 0 Å². The Morgan fingerprint density at radius 1 is 1.03 bits per heavy atom. The Morgan fingerprint density at radius 2 is 1.88 bits per heavy atom. The normalized spacial score (nSPS) is 14.7. The molecule has 0 unspecified atom stereocenters. The lowest BCUT2D eigenvalue weighted by Gasteiger charge is -2.33. The zero-order valence-electron chi connectivity index (χ0n) is 17.9. The summed E-state index contributed by atoms with van der Waals surface area (Å²) in [7, 11) is 2.11. The Hall–Kier alpha value is -3.83. The molecule has 1 aliphatic rings. The fourth-order valence-corrected chi connectivity index (χ4v) is 3.72. The third-order valence-electron chi connectivity index (χ3n) is 5.41. The molecule has 11 heteroatoms. The van der Waals surface area contributed by atoms with Gasteiger partial charge in [-0.25, -0.2) is 0 Å². The van der Waals surface area contributed by atoms with Crippen LogP contribution in [0.2, 0.25) is 0 Å². The van der Waals surface area contributed by atoms with Crippen LogP contribution in [0.1, 0.15) is 5.69 Å². The van der Waals surface area contributed by atoms with Gasteiger partial charge in [0.1, 0.15) is 23.2 Å². The Kier molecular flexibility index (Phi) is 5.25. The molecule has 4 aromatic rings. The Bertz CT molecular complexity index is 1230. The smallest absolute Gasteiger partial charge is 0.325 e. The molecule has 32 heavy (non-hydrogen) atoms. The summed E-state index contributed by atoms with van der Waals surface area (Å²) >= 11 is 0. The minimum absolute atomic E-state index is 0.242. The number of aromatic nitrogens is 5. The number of hydrogen-bond donors (Lipinski definition) is 5. The van der Waals surface area contributed by atoms with E-state index in [2.05, 4.69) is 53.4 Å². The molecule has 0 amide bonds. The number of aryl methyl sites for hydroxylation is 1. The Labute approximate surface area is 184 Å². The van der Waals surface area contributed by atoms with Crippen LogP contribution >= 0.6 is 0 Å². The topological polar surface area (TPSA) is 130 Å². The van der Waals surface area contributed by atoms with E-state index < -0.39 is 0 Å². The second-order valence-electron chi connectivity index (χ2n) is 7.89. The number of likely N-dealkylation sites (N-methyl/N-ethyl adjacent to an activating group) is 1. The van der Waals surface area contributed by atoms with Crippen molar-refractivity contribution >= 4 is 34.2 Å². The predicted octanol–water partition coefficient (Wildman–Crippen LogP) is 3.08. The van der Waals surface area contributed by atoms with Gasteiger partial charge in [-0.3, -0.25) is 15.8 Å². The number of nitrogens with zero attached hydrogens (tertiary/aromatic N) is 5. The van der Waals surface area contributed by atoms with E-state index in [0.29, 0.717) is 23.2 Å². The number of fused-ring (bicyclic) bond motifs is 1. The highest BCUT2D eigenvalue weighted by atomic mass is 16.5. The van der Waals surface area contributed by atoms with Crippen molar-refractivity contribution in [2.24, 2.45) is 0 Å². The lowest BCUT2D eigenvalue weighted by Crippen LogP contribution is -2.44. The van der Waals surface area contributed by atoms with Crippen molar-refractivity contribution < 1.29 is 9.94 Å². The van der Waals surface area contributed by atoms with Gasteiger partial charge in [0.05, 0.1) is 0 Å². The standard InChI is InChI=1S/C21H25N9O2/c1-13-9-14-10-15(3-4-16(14)22-13)32-21-24-17(23-18-11-19(28-31)27-26-18)12-20(25-21)30-7-5-29(2)6-8-30/h3-4,9-12,22,31H,5-8H2,1-2H3,(H3,23,24,25,26,27,28). The van der Waals surface area contributed by atoms with E-state index in [0.717, 1.165) is 48.6 Å². The molecule has 11 nitrogen and oxygen atoms in total. The molecule has 5 N–H and O–H groups in total. The minimum Gasteiger partial charge on any atom is -0.424 e. The summed E-state index contributed by atoms with van der Waals surface area (Å²) in [5.74, 6) is 2.84. The van der Waals surface area contributed by atoms with Crippen LogP contribution in [0.3, 0.4) is 0 Å². The SMILES string of the molecule is Cc1cc2cc(Oc3nc(Nc4cc(NO)[nH]n4)cc(N4CCN(C)CC4)n3)ccc2[nH]1. The highest BCUT2D eigenvalue weighted by Gasteiger charge is 2.18. The van der Waals surface area contributed by atoms with Crippen LogP contribution in [0, 0.1) is 6.92 Å². The van der Waals surface area contributed by atoms with Crippen LogP contribution < -0.4 is 20.4 Å². The van der Waals surface area contributed by atoms with Gasteiger partial charge in [-0.15, -0.1) is 0 Å². The van der Waals surface area contributed by atoms with Gasteiger partial charge in [-0.2, -0.15) is 15.1 Å². The van der Waals surface area contributed by atoms with Gasteiger partial charge >= 0.3 is 6.01 Å². The first kappa shape index (κ1) is 20.1. The number of anilines is 4. The van der Waals surface area contributed by atoms with Crippen LogP contribution in [0.4, 0.5) is 23.3 Å². The van der Waals surface area contributed by atoms with Crippen molar-refractivity contribution in [2.75, 3.05) is 48.9 Å². The number of hydrogen-bond acceptors (Lipinski definition) is 9. The molecule has 4 heterocycles. The molecular formula is C21H25N9O2. The van der Waals surface area contributed by atoms with Crippen LogP contribution in [0.15, 0.2) is 36.4 Å². The number of H-pyrrole nitrogens is 2. The maximum absolute atomic E-state index is 9.03. The van der Waals surface area contributed by atoms with E-state index in [1.54, 1.807) is 6.07 Å². The lowest BCUT2D eigenvalue weighted by molar-refractivity contribution is 0.311. The van der Waals surface area contributed by atoms with Crippen LogP contribution in [0.25, 0.3) is 10.9 Å². The number of piperazine rings is 1. The average molecular weight is 435 g/mol. The molecule has 1 saturated heterocycles. The Morgan fingerprint density at radius 3 is 2.66 bits per heavy atom. The van der Waals surface area contributed by atoms with E-state index >= 15 is 0 Å². The molecule has 5 rings (SSSR count). The lowest BCUT2D eigenvalue weighted by atomic mass is 10.2. The first-order valence-electron chi connectivity index (χ1n) is 10.4. The van der Waals surface area contributed by atoms with Gasteiger partial charge in [0.2, 0.25) is 0 Å². The molecule has 166 valence electrons. The van der Waals surface area contributed by atoms with Gasteiger partial charge in [0.15, 0.2) is 5.82 Å². The molecular weight excluding hydrogens is 410 g/mol. The first-order valence-corrected chi connectivity index (χ1v) is 10.4. The fourth-order valence-electron chi connectivity index (χ4n) is 3.72. The monoisotopic (exact) mass is 435 g/mol. The summed E-state index contributed by atoms with van der Waals surface area (Å²) in [5.41, 5.74) is 4.17. The molecule has 0 aliphatic carbocycles. The van der Waals surface area contributed by atoms with Gasteiger partial charge in [0, 0.05) is 54.9 Å². The molecule has 0 bridgehead atoms. The second kappa shape index (κ2) is 8.36. The van der Waals surface area contributed by atoms with Crippen molar-refractivity contribution in [3.05, 3.63) is 42.1 Å². The van der Waals surface area contributed by atoms with Crippen LogP contribution in [-0.4, -0.2) is 68.5 Å². The largest absolute Gasteiger partial charge is 0.424 e. The van der Waals surface area contributed by atoms with Crippen molar-refractivity contribution in [3.8, 4) is 11.8 Å². The summed E-state index contributed by atoms with van der Waals surface area (Å²) in [6, 6.07) is 11.6. The molecule has 3 aromatic heterocycles. The minimum atomic E-state index is 0.242. The summed E-state index contributed by atoms with van der Waals surface area (Å²) in [6.45, 7) is 5.66. The van der Waals surface area contributed by atoms with Crippen molar-refractivity contribution in [1.29, 1.82) is 0 Å². The maximum Gasteiger partial charge on any atom is 0.325 e. The van der Waals surface area contributed by atoms with Crippen molar-refractivity contribution in [2.45, 2.75) is 6.92 Å². The molecule has 0 spiro atoms. The summed E-state index contributed by atoms with van der Waals surface area (Å²) < 4.78 is 6.06. The summed E-state index contributed by atoms with van der Waals surface area (Å²) in [6.07, 6.45) is 0. The number of benzene rings is 1. The molecule has 1 fully saturated rings. The summed E-state index contributed by atoms with van der Waals surface area (Å²) in [4.78, 5) is 17.0. The highest BCUT2D eigenvalue weighted by Crippen LogP contribution is 2.28. The zero-order chi connectivity index (χ0) is 22.1. The molecule has 0 atom stereocenters. The second-order valence-corrected chi connectivity index (χ2v) is 7.89. The van der Waals surface area contributed by atoms with Crippen LogP contribution in [0.5, 0.6) is 11.8 Å². The van der Waals surface area contributed by atoms with Crippen molar-refractivity contribution in [3.63, 3.8) is 0 Å². The van der Waals surface area contributed by atoms with Gasteiger partial charge < -0.3 is 24.8 Å². The van der Waals surface area contributed by atoms with Crippen LogP contribution in [-0.2, 0) is 0 Å². The van der Waals surface area contributed by atoms with E-state index in [1.807, 2.05) is 36.7 Å².